The summed E-state index contributed by atoms with van der Waals surface area (Å²) in [5.41, 5.74) is 1.20. The van der Waals surface area contributed by atoms with Gasteiger partial charge in [0, 0.05) is 33.7 Å². The molecule has 0 aromatic heterocycles. The van der Waals surface area contributed by atoms with Crippen molar-refractivity contribution in [3.05, 3.63) is 29.8 Å². The van der Waals surface area contributed by atoms with Gasteiger partial charge in [-0.15, -0.1) is 0 Å². The normalized spacial score (nSPS) is 18.4. The first kappa shape index (κ1) is 21.7. The van der Waals surface area contributed by atoms with Crippen LogP contribution in [0.3, 0.4) is 0 Å². The van der Waals surface area contributed by atoms with Crippen molar-refractivity contribution >= 4 is 16.1 Å². The summed E-state index contributed by atoms with van der Waals surface area (Å²) in [5, 5.41) is 2.96. The number of rotatable bonds is 9. The SMILES string of the molecule is CCOc1ccc(CCCNC(=O)[C@H]2CCCN(S(=O)(=O)N(C)C)C2)cc1. The molecule has 0 bridgehead atoms. The monoisotopic (exact) mass is 397 g/mol. The Morgan fingerprint density at radius 3 is 2.63 bits per heavy atom. The molecule has 1 aliphatic heterocycles. The molecule has 1 atom stereocenters. The van der Waals surface area contributed by atoms with Crippen molar-refractivity contribution < 1.29 is 17.9 Å². The van der Waals surface area contributed by atoms with E-state index in [1.165, 1.54) is 28.3 Å². The van der Waals surface area contributed by atoms with Crippen LogP contribution in [-0.4, -0.2) is 63.3 Å². The van der Waals surface area contributed by atoms with Crippen molar-refractivity contribution in [2.24, 2.45) is 5.92 Å². The number of carbonyl (C=O) groups is 1. The van der Waals surface area contributed by atoms with Crippen LogP contribution in [0.15, 0.2) is 24.3 Å². The zero-order valence-corrected chi connectivity index (χ0v) is 17.3. The van der Waals surface area contributed by atoms with Gasteiger partial charge in [0.1, 0.15) is 5.75 Å². The van der Waals surface area contributed by atoms with E-state index in [2.05, 4.69) is 5.32 Å². The Labute approximate surface area is 162 Å². The number of piperidine rings is 1. The maximum Gasteiger partial charge on any atom is 0.281 e. The molecule has 2 rings (SSSR count). The zero-order valence-electron chi connectivity index (χ0n) is 16.5. The standard InChI is InChI=1S/C19H31N3O4S/c1-4-26-18-11-9-16(10-12-18)7-5-13-20-19(23)17-8-6-14-22(15-17)27(24,25)21(2)3/h9-12,17H,4-8,13-15H2,1-3H3,(H,20,23)/t17-/m0/s1. The van der Waals surface area contributed by atoms with Gasteiger partial charge in [-0.3, -0.25) is 4.79 Å². The number of benzene rings is 1. The van der Waals surface area contributed by atoms with Gasteiger partial charge in [0.15, 0.2) is 0 Å². The highest BCUT2D eigenvalue weighted by atomic mass is 32.2. The van der Waals surface area contributed by atoms with E-state index in [4.69, 9.17) is 4.74 Å². The molecular weight excluding hydrogens is 366 g/mol. The summed E-state index contributed by atoms with van der Waals surface area (Å²) in [4.78, 5) is 12.4. The van der Waals surface area contributed by atoms with Crippen molar-refractivity contribution in [3.8, 4) is 5.75 Å². The van der Waals surface area contributed by atoms with E-state index < -0.39 is 10.2 Å². The smallest absolute Gasteiger partial charge is 0.281 e. The second-order valence-corrected chi connectivity index (χ2v) is 9.10. The fourth-order valence-corrected chi connectivity index (χ4v) is 4.35. The van der Waals surface area contributed by atoms with E-state index in [9.17, 15) is 13.2 Å². The second kappa shape index (κ2) is 10.1. The number of nitrogens with zero attached hydrogens (tertiary/aromatic N) is 2. The first-order valence-corrected chi connectivity index (χ1v) is 10.9. The summed E-state index contributed by atoms with van der Waals surface area (Å²) in [6.07, 6.45) is 3.14. The number of amides is 1. The topological polar surface area (TPSA) is 79.0 Å². The van der Waals surface area contributed by atoms with Gasteiger partial charge in [0.2, 0.25) is 5.91 Å². The molecule has 1 N–H and O–H groups in total. The minimum Gasteiger partial charge on any atom is -0.494 e. The predicted molar refractivity (Wildman–Crippen MR) is 106 cm³/mol. The fraction of sp³-hybridized carbons (Fsp3) is 0.632. The van der Waals surface area contributed by atoms with E-state index in [1.807, 2.05) is 31.2 Å². The Bertz CT molecular complexity index is 704. The Hall–Kier alpha value is -1.64. The lowest BCUT2D eigenvalue weighted by Gasteiger charge is -2.32. The molecule has 1 aromatic rings. The Balaban J connectivity index is 1.75. The van der Waals surface area contributed by atoms with Gasteiger partial charge >= 0.3 is 0 Å². The maximum absolute atomic E-state index is 12.4. The lowest BCUT2D eigenvalue weighted by atomic mass is 9.99. The molecule has 0 radical (unpaired) electrons. The Kier molecular flexibility index (Phi) is 8.07. The van der Waals surface area contributed by atoms with E-state index in [0.29, 0.717) is 26.1 Å². The first-order chi connectivity index (χ1) is 12.8. The first-order valence-electron chi connectivity index (χ1n) is 9.51. The highest BCUT2D eigenvalue weighted by molar-refractivity contribution is 7.86. The molecule has 0 spiro atoms. The number of nitrogens with one attached hydrogen (secondary N) is 1. The van der Waals surface area contributed by atoms with Gasteiger partial charge in [0.25, 0.3) is 10.2 Å². The van der Waals surface area contributed by atoms with Gasteiger partial charge in [-0.25, -0.2) is 0 Å². The van der Waals surface area contributed by atoms with Crippen LogP contribution in [-0.2, 0) is 21.4 Å². The van der Waals surface area contributed by atoms with E-state index in [0.717, 1.165) is 25.0 Å². The van der Waals surface area contributed by atoms with Crippen molar-refractivity contribution in [2.45, 2.75) is 32.6 Å². The molecule has 1 aliphatic rings. The van der Waals surface area contributed by atoms with Gasteiger partial charge < -0.3 is 10.1 Å². The van der Waals surface area contributed by atoms with Crippen molar-refractivity contribution in [3.63, 3.8) is 0 Å². The van der Waals surface area contributed by atoms with Crippen LogP contribution in [0.4, 0.5) is 0 Å². The van der Waals surface area contributed by atoms with Crippen LogP contribution in [0.25, 0.3) is 0 Å². The molecule has 1 fully saturated rings. The average Bonchev–Trinajstić information content (AvgIpc) is 2.66. The van der Waals surface area contributed by atoms with Crippen LogP contribution in [0.2, 0.25) is 0 Å². The molecule has 1 saturated heterocycles. The van der Waals surface area contributed by atoms with Gasteiger partial charge in [-0.2, -0.15) is 17.0 Å². The van der Waals surface area contributed by atoms with Gasteiger partial charge in [0.05, 0.1) is 12.5 Å². The third kappa shape index (κ3) is 6.19. The minimum atomic E-state index is -3.46. The van der Waals surface area contributed by atoms with Crippen LogP contribution < -0.4 is 10.1 Å². The lowest BCUT2D eigenvalue weighted by molar-refractivity contribution is -0.126. The third-order valence-electron chi connectivity index (χ3n) is 4.72. The van der Waals surface area contributed by atoms with Crippen LogP contribution in [0.1, 0.15) is 31.7 Å². The summed E-state index contributed by atoms with van der Waals surface area (Å²) in [7, 11) is -0.431. The predicted octanol–water partition coefficient (Wildman–Crippen LogP) is 1.65. The average molecular weight is 398 g/mol. The molecule has 0 saturated carbocycles. The van der Waals surface area contributed by atoms with Crippen molar-refractivity contribution in [2.75, 3.05) is 40.3 Å². The molecule has 1 heterocycles. The molecule has 8 heteroatoms. The second-order valence-electron chi connectivity index (χ2n) is 6.96. The lowest BCUT2D eigenvalue weighted by Crippen LogP contribution is -2.48. The van der Waals surface area contributed by atoms with Crippen LogP contribution in [0, 0.1) is 5.92 Å². The highest BCUT2D eigenvalue weighted by Crippen LogP contribution is 2.20. The number of aryl methyl sites for hydroxylation is 1. The van der Waals surface area contributed by atoms with Crippen LogP contribution >= 0.6 is 0 Å². The Morgan fingerprint density at radius 2 is 2.00 bits per heavy atom. The number of ether oxygens (including phenoxy) is 1. The molecule has 0 aliphatic carbocycles. The summed E-state index contributed by atoms with van der Waals surface area (Å²) in [6.45, 7) is 3.92. The Morgan fingerprint density at radius 1 is 1.30 bits per heavy atom. The molecule has 1 amide bonds. The summed E-state index contributed by atoms with van der Waals surface area (Å²) >= 11 is 0. The molecule has 1 aromatic carbocycles. The van der Waals surface area contributed by atoms with Crippen LogP contribution in [0.5, 0.6) is 5.75 Å². The fourth-order valence-electron chi connectivity index (χ4n) is 3.16. The third-order valence-corrected chi connectivity index (χ3v) is 6.63. The van der Waals surface area contributed by atoms with Crippen molar-refractivity contribution in [1.82, 2.24) is 13.9 Å². The van der Waals surface area contributed by atoms with Gasteiger partial charge in [-0.1, -0.05) is 12.1 Å². The molecule has 152 valence electrons. The number of hydrogen-bond acceptors (Lipinski definition) is 4. The maximum atomic E-state index is 12.4. The van der Waals surface area contributed by atoms with Gasteiger partial charge in [-0.05, 0) is 50.3 Å². The molecular formula is C19H31N3O4S. The largest absolute Gasteiger partial charge is 0.494 e. The minimum absolute atomic E-state index is 0.0552. The van der Waals surface area contributed by atoms with E-state index >= 15 is 0 Å². The highest BCUT2D eigenvalue weighted by Gasteiger charge is 2.33. The summed E-state index contributed by atoms with van der Waals surface area (Å²) in [5.74, 6) is 0.531. The number of carbonyl (C=O) groups excluding carboxylic acids is 1. The van der Waals surface area contributed by atoms with E-state index in [-0.39, 0.29) is 18.4 Å². The summed E-state index contributed by atoms with van der Waals surface area (Å²) in [6, 6.07) is 7.99. The number of hydrogen-bond donors (Lipinski definition) is 1. The quantitative estimate of drug-likeness (QED) is 0.643. The van der Waals surface area contributed by atoms with E-state index in [1.54, 1.807) is 0 Å². The van der Waals surface area contributed by atoms with Crippen molar-refractivity contribution in [1.29, 1.82) is 0 Å². The molecule has 27 heavy (non-hydrogen) atoms. The summed E-state index contributed by atoms with van der Waals surface area (Å²) < 4.78 is 32.5. The molecule has 7 nitrogen and oxygen atoms in total. The molecule has 0 unspecified atom stereocenters. The zero-order chi connectivity index (χ0) is 19.9.